The van der Waals surface area contributed by atoms with Crippen LogP contribution in [0.4, 0.5) is 4.79 Å². The summed E-state index contributed by atoms with van der Waals surface area (Å²) < 4.78 is 1.85. The molecular formula is C19H24N4O3. The summed E-state index contributed by atoms with van der Waals surface area (Å²) in [6.45, 7) is 1.14. The monoisotopic (exact) mass is 356 g/mol. The Morgan fingerprint density at radius 3 is 2.62 bits per heavy atom. The molecule has 0 aliphatic heterocycles. The van der Waals surface area contributed by atoms with E-state index in [9.17, 15) is 9.59 Å². The zero-order chi connectivity index (χ0) is 18.4. The van der Waals surface area contributed by atoms with Crippen molar-refractivity contribution in [3.63, 3.8) is 0 Å². The maximum absolute atomic E-state index is 12.1. The summed E-state index contributed by atoms with van der Waals surface area (Å²) >= 11 is 0. The first kappa shape index (κ1) is 18.0. The second kappa shape index (κ2) is 8.51. The molecular weight excluding hydrogens is 332 g/mol. The Bertz CT molecular complexity index is 737. The number of benzene rings is 1. The molecule has 2 aromatic rings. The van der Waals surface area contributed by atoms with Gasteiger partial charge in [-0.3, -0.25) is 9.48 Å². The summed E-state index contributed by atoms with van der Waals surface area (Å²) in [5, 5.41) is 19.0. The number of urea groups is 1. The Labute approximate surface area is 152 Å². The number of nitrogens with zero attached hydrogens (tertiary/aromatic N) is 2. The minimum Gasteiger partial charge on any atom is -0.481 e. The first-order chi connectivity index (χ1) is 12.6. The molecule has 26 heavy (non-hydrogen) atoms. The first-order valence-corrected chi connectivity index (χ1v) is 8.92. The Hall–Kier alpha value is -2.83. The zero-order valence-corrected chi connectivity index (χ0v) is 14.6. The molecule has 1 aromatic carbocycles. The van der Waals surface area contributed by atoms with E-state index >= 15 is 0 Å². The van der Waals surface area contributed by atoms with Crippen molar-refractivity contribution in [3.8, 4) is 0 Å². The second-order valence-corrected chi connectivity index (χ2v) is 6.74. The number of rotatable bonds is 6. The van der Waals surface area contributed by atoms with Gasteiger partial charge >= 0.3 is 12.0 Å². The minimum atomic E-state index is -0.733. The average Bonchev–Trinajstić information content (AvgIpc) is 3.14. The van der Waals surface area contributed by atoms with Crippen LogP contribution in [-0.2, 0) is 17.9 Å². The Morgan fingerprint density at radius 1 is 1.15 bits per heavy atom. The van der Waals surface area contributed by atoms with Gasteiger partial charge in [-0.2, -0.15) is 5.10 Å². The Morgan fingerprint density at radius 2 is 1.92 bits per heavy atom. The molecule has 7 heteroatoms. The van der Waals surface area contributed by atoms with E-state index in [1.165, 1.54) is 0 Å². The van der Waals surface area contributed by atoms with Gasteiger partial charge in [0.2, 0.25) is 0 Å². The van der Waals surface area contributed by atoms with Crippen LogP contribution in [-0.4, -0.2) is 32.9 Å². The van der Waals surface area contributed by atoms with Gasteiger partial charge in [0.1, 0.15) is 0 Å². The van der Waals surface area contributed by atoms with Crippen molar-refractivity contribution >= 4 is 12.0 Å². The van der Waals surface area contributed by atoms with E-state index in [1.807, 2.05) is 35.1 Å². The molecule has 0 atom stereocenters. The number of carbonyl (C=O) groups excluding carboxylic acids is 1. The highest BCUT2D eigenvalue weighted by Gasteiger charge is 2.26. The quantitative estimate of drug-likeness (QED) is 0.740. The van der Waals surface area contributed by atoms with E-state index in [0.29, 0.717) is 38.8 Å². The number of aliphatic carboxylic acids is 1. The van der Waals surface area contributed by atoms with E-state index in [-0.39, 0.29) is 18.0 Å². The highest BCUT2D eigenvalue weighted by atomic mass is 16.4. The van der Waals surface area contributed by atoms with Crippen molar-refractivity contribution in [3.05, 3.63) is 53.9 Å². The number of aromatic nitrogens is 2. The Balaban J connectivity index is 1.44. The number of hydrogen-bond acceptors (Lipinski definition) is 3. The third-order valence-electron chi connectivity index (χ3n) is 4.76. The molecule has 0 radical (unpaired) electrons. The first-order valence-electron chi connectivity index (χ1n) is 8.92. The van der Waals surface area contributed by atoms with Gasteiger partial charge < -0.3 is 15.7 Å². The molecule has 1 aliphatic carbocycles. The van der Waals surface area contributed by atoms with E-state index in [4.69, 9.17) is 5.11 Å². The van der Waals surface area contributed by atoms with Crippen LogP contribution in [0.15, 0.2) is 42.7 Å². The standard InChI is InChI=1S/C19H24N4O3/c24-18(25)16-5-7-17(8-6-16)22-19(26)20-12-14-3-1-4-15(11-14)13-23-10-2-9-21-23/h1-4,9-11,16-17H,5-8,12-13H2,(H,24,25)(H2,20,22,26). The van der Waals surface area contributed by atoms with Crippen molar-refractivity contribution < 1.29 is 14.7 Å². The van der Waals surface area contributed by atoms with Crippen molar-refractivity contribution in [2.75, 3.05) is 0 Å². The fourth-order valence-corrected chi connectivity index (χ4v) is 3.32. The van der Waals surface area contributed by atoms with Crippen LogP contribution in [0.1, 0.15) is 36.8 Å². The molecule has 3 rings (SSSR count). The molecule has 0 unspecified atom stereocenters. The number of carboxylic acids is 1. The normalized spacial score (nSPS) is 19.7. The van der Waals surface area contributed by atoms with Gasteiger partial charge in [0.05, 0.1) is 12.5 Å². The predicted octanol–water partition coefficient (Wildman–Crippen LogP) is 2.37. The lowest BCUT2D eigenvalue weighted by Crippen LogP contribution is -2.43. The van der Waals surface area contributed by atoms with Crippen molar-refractivity contribution in [1.29, 1.82) is 0 Å². The van der Waals surface area contributed by atoms with Crippen molar-refractivity contribution in [2.24, 2.45) is 5.92 Å². The summed E-state index contributed by atoms with van der Waals surface area (Å²) in [7, 11) is 0. The number of carboxylic acid groups (broad SMARTS) is 1. The third-order valence-corrected chi connectivity index (χ3v) is 4.76. The van der Waals surface area contributed by atoms with Gasteiger partial charge in [-0.05, 0) is 42.9 Å². The highest BCUT2D eigenvalue weighted by molar-refractivity contribution is 5.74. The lowest BCUT2D eigenvalue weighted by molar-refractivity contribution is -0.142. The van der Waals surface area contributed by atoms with E-state index < -0.39 is 5.97 Å². The average molecular weight is 356 g/mol. The molecule has 2 amide bonds. The molecule has 0 saturated heterocycles. The zero-order valence-electron chi connectivity index (χ0n) is 14.6. The van der Waals surface area contributed by atoms with Crippen LogP contribution in [0.3, 0.4) is 0 Å². The Kier molecular flexibility index (Phi) is 5.88. The lowest BCUT2D eigenvalue weighted by Gasteiger charge is -2.26. The van der Waals surface area contributed by atoms with E-state index in [1.54, 1.807) is 6.20 Å². The van der Waals surface area contributed by atoms with Crippen LogP contribution in [0.2, 0.25) is 0 Å². The molecule has 0 bridgehead atoms. The molecule has 1 saturated carbocycles. The predicted molar refractivity (Wildman–Crippen MR) is 96.5 cm³/mol. The van der Waals surface area contributed by atoms with Gasteiger partial charge in [-0.1, -0.05) is 24.3 Å². The number of carbonyl (C=O) groups is 2. The van der Waals surface area contributed by atoms with E-state index in [2.05, 4.69) is 21.8 Å². The maximum atomic E-state index is 12.1. The lowest BCUT2D eigenvalue weighted by atomic mass is 9.86. The molecule has 138 valence electrons. The van der Waals surface area contributed by atoms with Gasteiger partial charge in [-0.25, -0.2) is 4.79 Å². The van der Waals surface area contributed by atoms with Crippen molar-refractivity contribution in [1.82, 2.24) is 20.4 Å². The van der Waals surface area contributed by atoms with Gasteiger partial charge in [0, 0.05) is 25.0 Å². The topological polar surface area (TPSA) is 96.3 Å². The molecule has 1 aliphatic rings. The van der Waals surface area contributed by atoms with Gasteiger partial charge in [-0.15, -0.1) is 0 Å². The minimum absolute atomic E-state index is 0.0525. The molecule has 1 heterocycles. The molecule has 7 nitrogen and oxygen atoms in total. The molecule has 1 aromatic heterocycles. The summed E-state index contributed by atoms with van der Waals surface area (Å²) in [6, 6.07) is 9.77. The molecule has 3 N–H and O–H groups in total. The summed E-state index contributed by atoms with van der Waals surface area (Å²) in [4.78, 5) is 23.1. The van der Waals surface area contributed by atoms with E-state index in [0.717, 1.165) is 11.1 Å². The highest BCUT2D eigenvalue weighted by Crippen LogP contribution is 2.24. The molecule has 1 fully saturated rings. The van der Waals surface area contributed by atoms with Crippen LogP contribution in [0.25, 0.3) is 0 Å². The fraction of sp³-hybridized carbons (Fsp3) is 0.421. The third kappa shape index (κ3) is 5.08. The number of amides is 2. The summed E-state index contributed by atoms with van der Waals surface area (Å²) in [5.74, 6) is -1.00. The second-order valence-electron chi connectivity index (χ2n) is 6.74. The van der Waals surface area contributed by atoms with Crippen molar-refractivity contribution in [2.45, 2.75) is 44.8 Å². The summed E-state index contributed by atoms with van der Waals surface area (Å²) in [6.07, 6.45) is 6.33. The summed E-state index contributed by atoms with van der Waals surface area (Å²) in [5.41, 5.74) is 2.15. The van der Waals surface area contributed by atoms with Gasteiger partial charge in [0.25, 0.3) is 0 Å². The van der Waals surface area contributed by atoms with Gasteiger partial charge in [0.15, 0.2) is 0 Å². The van der Waals surface area contributed by atoms with Crippen LogP contribution in [0.5, 0.6) is 0 Å². The number of nitrogens with one attached hydrogen (secondary N) is 2. The fourth-order valence-electron chi connectivity index (χ4n) is 3.32. The maximum Gasteiger partial charge on any atom is 0.315 e. The largest absolute Gasteiger partial charge is 0.481 e. The van der Waals surface area contributed by atoms with Crippen LogP contribution in [0, 0.1) is 5.92 Å². The van der Waals surface area contributed by atoms with Crippen LogP contribution >= 0.6 is 0 Å². The van der Waals surface area contributed by atoms with Crippen LogP contribution < -0.4 is 10.6 Å². The SMILES string of the molecule is O=C(NCc1cccc(Cn2cccn2)c1)NC1CCC(C(=O)O)CC1. The molecule has 0 spiro atoms. The smallest absolute Gasteiger partial charge is 0.315 e. The number of hydrogen-bond donors (Lipinski definition) is 3.